The minimum absolute atomic E-state index is 0.0341. The van der Waals surface area contributed by atoms with Gasteiger partial charge in [0.05, 0.1) is 5.41 Å². The first-order valence-electron chi connectivity index (χ1n) is 8.60. The van der Waals surface area contributed by atoms with Crippen LogP contribution in [0.4, 0.5) is 0 Å². The Balaban J connectivity index is 1.78. The Kier molecular flexibility index (Phi) is 4.88. The van der Waals surface area contributed by atoms with Crippen molar-refractivity contribution in [1.29, 1.82) is 0 Å². The fourth-order valence-electron chi connectivity index (χ4n) is 3.39. The van der Waals surface area contributed by atoms with Crippen LogP contribution in [0.25, 0.3) is 10.8 Å². The molecule has 0 aliphatic carbocycles. The normalized spacial score (nSPS) is 20.3. The van der Waals surface area contributed by atoms with Crippen molar-refractivity contribution < 1.29 is 14.3 Å². The van der Waals surface area contributed by atoms with Gasteiger partial charge < -0.3 is 9.64 Å². The smallest absolute Gasteiger partial charge is 0.313 e. The number of hydrogen-bond donors (Lipinski definition) is 0. The number of ether oxygens (including phenoxy) is 1. The molecule has 1 unspecified atom stereocenters. The van der Waals surface area contributed by atoms with Gasteiger partial charge in [0.15, 0.2) is 0 Å². The molecule has 4 nitrogen and oxygen atoms in total. The molecular formula is C21H23NO3. The number of nitrogens with zero attached hydrogens (tertiary/aromatic N) is 1. The molecule has 0 aromatic heterocycles. The highest BCUT2D eigenvalue weighted by atomic mass is 16.5. The predicted molar refractivity (Wildman–Crippen MR) is 98.3 cm³/mol. The third-order valence-corrected chi connectivity index (χ3v) is 4.81. The number of fused-ring (bicyclic) bond motifs is 1. The molecule has 0 bridgehead atoms. The zero-order chi connectivity index (χ0) is 17.9. The number of hydrogen-bond acceptors (Lipinski definition) is 3. The quantitative estimate of drug-likeness (QED) is 0.629. The molecule has 3 rings (SSSR count). The Bertz CT molecular complexity index is 814. The average Bonchev–Trinajstić information content (AvgIpc) is 2.65. The van der Waals surface area contributed by atoms with Crippen molar-refractivity contribution in [3.63, 3.8) is 0 Å². The molecule has 0 spiro atoms. The molecule has 2 aromatic rings. The number of likely N-dealkylation sites (tertiary alicyclic amines) is 1. The summed E-state index contributed by atoms with van der Waals surface area (Å²) in [5.41, 5.74) is -0.00395. The molecule has 1 aliphatic heterocycles. The van der Waals surface area contributed by atoms with E-state index in [1.165, 1.54) is 0 Å². The van der Waals surface area contributed by atoms with Crippen LogP contribution in [0.3, 0.4) is 0 Å². The Hall–Kier alpha value is -2.62. The van der Waals surface area contributed by atoms with Crippen molar-refractivity contribution in [1.82, 2.24) is 4.90 Å². The molecule has 0 saturated carbocycles. The van der Waals surface area contributed by atoms with Crippen LogP contribution in [0.15, 0.2) is 55.1 Å². The van der Waals surface area contributed by atoms with Crippen LogP contribution < -0.4 is 0 Å². The largest absolute Gasteiger partial charge is 0.461 e. The zero-order valence-electron chi connectivity index (χ0n) is 14.5. The van der Waals surface area contributed by atoms with Crippen LogP contribution in [0.1, 0.15) is 30.1 Å². The van der Waals surface area contributed by atoms with Crippen molar-refractivity contribution in [3.8, 4) is 0 Å². The number of carbonyl (C=O) groups is 2. The lowest BCUT2D eigenvalue weighted by atomic mass is 9.81. The average molecular weight is 337 g/mol. The first-order chi connectivity index (χ1) is 12.0. The van der Waals surface area contributed by atoms with E-state index in [9.17, 15) is 9.59 Å². The van der Waals surface area contributed by atoms with Gasteiger partial charge in [-0.3, -0.25) is 9.59 Å². The van der Waals surface area contributed by atoms with Gasteiger partial charge in [-0.1, -0.05) is 43.0 Å². The Labute approximate surface area is 148 Å². The van der Waals surface area contributed by atoms with Crippen LogP contribution in [0, 0.1) is 5.41 Å². The predicted octanol–water partition coefficient (Wildman–Crippen LogP) is 3.81. The molecule has 2 aromatic carbocycles. The second-order valence-electron chi connectivity index (χ2n) is 6.84. The number of esters is 1. The lowest BCUT2D eigenvalue weighted by Crippen LogP contribution is -2.49. The zero-order valence-corrected chi connectivity index (χ0v) is 14.5. The van der Waals surface area contributed by atoms with E-state index in [1.807, 2.05) is 49.4 Å². The Morgan fingerprint density at radius 1 is 1.24 bits per heavy atom. The molecule has 4 heteroatoms. The standard InChI is InChI=1S/C21H23NO3/c1-3-13-25-20(24)21(2)11-6-12-22(15-21)19(23)18-10-9-16-7-4-5-8-17(16)14-18/h3-5,7-10,14H,1,6,11-13,15H2,2H3. The van der Waals surface area contributed by atoms with E-state index in [1.54, 1.807) is 11.0 Å². The number of carbonyl (C=O) groups excluding carboxylic acids is 2. The molecule has 0 N–H and O–H groups in total. The molecule has 25 heavy (non-hydrogen) atoms. The van der Waals surface area contributed by atoms with E-state index in [0.717, 1.165) is 23.6 Å². The summed E-state index contributed by atoms with van der Waals surface area (Å²) in [6.07, 6.45) is 3.07. The van der Waals surface area contributed by atoms with Crippen molar-refractivity contribution >= 4 is 22.6 Å². The summed E-state index contributed by atoms with van der Waals surface area (Å²) in [6.45, 7) is 6.69. The fourth-order valence-corrected chi connectivity index (χ4v) is 3.39. The van der Waals surface area contributed by atoms with Crippen molar-refractivity contribution in [2.75, 3.05) is 19.7 Å². The summed E-state index contributed by atoms with van der Waals surface area (Å²) in [5, 5.41) is 2.15. The maximum atomic E-state index is 12.9. The van der Waals surface area contributed by atoms with E-state index in [2.05, 4.69) is 6.58 Å². The molecule has 1 fully saturated rings. The first-order valence-corrected chi connectivity index (χ1v) is 8.60. The summed E-state index contributed by atoms with van der Waals surface area (Å²) >= 11 is 0. The monoisotopic (exact) mass is 337 g/mol. The van der Waals surface area contributed by atoms with Gasteiger partial charge in [-0.25, -0.2) is 0 Å². The summed E-state index contributed by atoms with van der Waals surface area (Å²) in [7, 11) is 0. The van der Waals surface area contributed by atoms with Crippen molar-refractivity contribution in [2.45, 2.75) is 19.8 Å². The molecule has 1 aliphatic rings. The molecule has 1 heterocycles. The van der Waals surface area contributed by atoms with Crippen LogP contribution >= 0.6 is 0 Å². The number of rotatable bonds is 4. The van der Waals surface area contributed by atoms with Gasteiger partial charge in [-0.15, -0.1) is 0 Å². The highest BCUT2D eigenvalue weighted by Crippen LogP contribution is 2.32. The number of benzene rings is 2. The topological polar surface area (TPSA) is 46.6 Å². The Morgan fingerprint density at radius 2 is 2.00 bits per heavy atom. The summed E-state index contributed by atoms with van der Waals surface area (Å²) in [5.74, 6) is -0.295. The molecule has 130 valence electrons. The van der Waals surface area contributed by atoms with E-state index in [0.29, 0.717) is 18.7 Å². The summed E-state index contributed by atoms with van der Waals surface area (Å²) < 4.78 is 5.23. The van der Waals surface area contributed by atoms with Gasteiger partial charge in [-0.2, -0.15) is 0 Å². The van der Waals surface area contributed by atoms with Crippen molar-refractivity contribution in [3.05, 3.63) is 60.7 Å². The second-order valence-corrected chi connectivity index (χ2v) is 6.84. The fraction of sp³-hybridized carbons (Fsp3) is 0.333. The van der Waals surface area contributed by atoms with Gasteiger partial charge in [-0.05, 0) is 42.7 Å². The minimum atomic E-state index is -0.659. The lowest BCUT2D eigenvalue weighted by Gasteiger charge is -2.38. The Morgan fingerprint density at radius 3 is 2.76 bits per heavy atom. The summed E-state index contributed by atoms with van der Waals surface area (Å²) in [6, 6.07) is 13.7. The third kappa shape index (κ3) is 3.58. The molecule has 1 amide bonds. The summed E-state index contributed by atoms with van der Waals surface area (Å²) in [4.78, 5) is 27.0. The SMILES string of the molecule is C=CCOC(=O)C1(C)CCCN(C(=O)c2ccc3ccccc3c2)C1. The maximum absolute atomic E-state index is 12.9. The van der Waals surface area contributed by atoms with Crippen LogP contribution in [-0.2, 0) is 9.53 Å². The van der Waals surface area contributed by atoms with Gasteiger partial charge >= 0.3 is 5.97 Å². The maximum Gasteiger partial charge on any atom is 0.313 e. The lowest BCUT2D eigenvalue weighted by molar-refractivity contribution is -0.156. The van der Waals surface area contributed by atoms with Gasteiger partial charge in [0.25, 0.3) is 5.91 Å². The second kappa shape index (κ2) is 7.09. The van der Waals surface area contributed by atoms with E-state index in [-0.39, 0.29) is 18.5 Å². The van der Waals surface area contributed by atoms with Crippen LogP contribution in [-0.4, -0.2) is 36.5 Å². The highest BCUT2D eigenvalue weighted by Gasteiger charge is 2.40. The van der Waals surface area contributed by atoms with Gasteiger partial charge in [0.2, 0.25) is 0 Å². The highest BCUT2D eigenvalue weighted by molar-refractivity contribution is 5.99. The molecule has 0 radical (unpaired) electrons. The number of amides is 1. The first kappa shape index (κ1) is 17.2. The van der Waals surface area contributed by atoms with Crippen LogP contribution in [0.2, 0.25) is 0 Å². The third-order valence-electron chi connectivity index (χ3n) is 4.81. The van der Waals surface area contributed by atoms with Crippen molar-refractivity contribution in [2.24, 2.45) is 5.41 Å². The van der Waals surface area contributed by atoms with Gasteiger partial charge in [0.1, 0.15) is 6.61 Å². The van der Waals surface area contributed by atoms with E-state index < -0.39 is 5.41 Å². The minimum Gasteiger partial charge on any atom is -0.461 e. The van der Waals surface area contributed by atoms with Gasteiger partial charge in [0, 0.05) is 18.7 Å². The molecular weight excluding hydrogens is 314 g/mol. The number of piperidine rings is 1. The van der Waals surface area contributed by atoms with Crippen LogP contribution in [0.5, 0.6) is 0 Å². The van der Waals surface area contributed by atoms with E-state index >= 15 is 0 Å². The molecule has 1 saturated heterocycles. The van der Waals surface area contributed by atoms with E-state index in [4.69, 9.17) is 4.74 Å². The molecule has 1 atom stereocenters.